The van der Waals surface area contributed by atoms with Gasteiger partial charge >= 0.3 is 0 Å². The number of para-hydroxylation sites is 1. The van der Waals surface area contributed by atoms with Crippen molar-refractivity contribution in [2.75, 3.05) is 0 Å². The molecule has 5 rings (SSSR count). The van der Waals surface area contributed by atoms with E-state index in [-0.39, 0.29) is 0 Å². The molecular formula is C25H18N2. The number of fused-ring (bicyclic) bond motifs is 1. The highest BCUT2D eigenvalue weighted by atomic mass is 15.3. The molecule has 0 fully saturated rings. The molecule has 2 heteroatoms. The van der Waals surface area contributed by atoms with E-state index in [1.807, 2.05) is 18.2 Å². The monoisotopic (exact) mass is 346 g/mol. The number of aromatic nitrogens is 2. The average molecular weight is 346 g/mol. The van der Waals surface area contributed by atoms with Crippen molar-refractivity contribution < 1.29 is 0 Å². The van der Waals surface area contributed by atoms with Gasteiger partial charge in [0.1, 0.15) is 0 Å². The number of rotatable bonds is 3. The van der Waals surface area contributed by atoms with Crippen molar-refractivity contribution in [3.8, 4) is 39.3 Å². The van der Waals surface area contributed by atoms with Gasteiger partial charge in [-0.3, -0.25) is 0 Å². The smallest absolute Gasteiger partial charge is 0.0991 e. The summed E-state index contributed by atoms with van der Waals surface area (Å²) < 4.78 is 2.07. The Balaban J connectivity index is 1.88. The van der Waals surface area contributed by atoms with Crippen molar-refractivity contribution in [2.45, 2.75) is 0 Å². The van der Waals surface area contributed by atoms with Crippen LogP contribution in [0.2, 0.25) is 0 Å². The fourth-order valence-corrected chi connectivity index (χ4v) is 3.59. The lowest BCUT2D eigenvalue weighted by Gasteiger charge is -2.20. The molecule has 0 atom stereocenters. The Morgan fingerprint density at radius 3 is 1.70 bits per heavy atom. The van der Waals surface area contributed by atoms with Gasteiger partial charge in [-0.2, -0.15) is 5.10 Å². The largest absolute Gasteiger partial charge is 0.232 e. The van der Waals surface area contributed by atoms with Crippen LogP contribution in [0.4, 0.5) is 0 Å². The molecular weight excluding hydrogens is 328 g/mol. The zero-order valence-corrected chi connectivity index (χ0v) is 14.8. The van der Waals surface area contributed by atoms with Crippen molar-refractivity contribution in [2.24, 2.45) is 0 Å². The molecule has 1 aliphatic carbocycles. The Labute approximate surface area is 158 Å². The van der Waals surface area contributed by atoms with E-state index in [0.29, 0.717) is 0 Å². The Morgan fingerprint density at radius 2 is 1.04 bits per heavy atom. The highest BCUT2D eigenvalue weighted by molar-refractivity contribution is 5.91. The first-order valence-corrected chi connectivity index (χ1v) is 9.10. The maximum Gasteiger partial charge on any atom is 0.0991 e. The molecule has 0 aromatic heterocycles. The van der Waals surface area contributed by atoms with E-state index < -0.39 is 0 Å². The van der Waals surface area contributed by atoms with Gasteiger partial charge in [0.25, 0.3) is 0 Å². The normalized spacial score (nSPS) is 11.0. The number of hydrogen-bond donors (Lipinski definition) is 0. The zero-order valence-electron chi connectivity index (χ0n) is 14.8. The van der Waals surface area contributed by atoms with Crippen LogP contribution in [0.15, 0.2) is 109 Å². The van der Waals surface area contributed by atoms with Crippen LogP contribution in [0.3, 0.4) is 0 Å². The quantitative estimate of drug-likeness (QED) is 0.374. The van der Waals surface area contributed by atoms with Gasteiger partial charge in [-0.1, -0.05) is 97.1 Å². The van der Waals surface area contributed by atoms with E-state index in [4.69, 9.17) is 5.10 Å². The molecule has 0 bridgehead atoms. The van der Waals surface area contributed by atoms with E-state index >= 15 is 0 Å². The third kappa shape index (κ3) is 2.72. The first-order chi connectivity index (χ1) is 13.4. The van der Waals surface area contributed by atoms with Gasteiger partial charge in [0.15, 0.2) is 0 Å². The molecule has 0 amide bonds. The summed E-state index contributed by atoms with van der Waals surface area (Å²) in [6, 6.07) is 37.7. The summed E-state index contributed by atoms with van der Waals surface area (Å²) >= 11 is 0. The molecule has 0 saturated heterocycles. The van der Waals surface area contributed by atoms with Crippen molar-refractivity contribution >= 4 is 0 Å². The number of benzene rings is 3. The molecule has 3 aromatic carbocycles. The summed E-state index contributed by atoms with van der Waals surface area (Å²) in [6.45, 7) is 0. The Bertz CT molecular complexity index is 1140. The van der Waals surface area contributed by atoms with Gasteiger partial charge in [0.2, 0.25) is 0 Å². The van der Waals surface area contributed by atoms with Gasteiger partial charge in [-0.25, -0.2) is 4.68 Å². The minimum Gasteiger partial charge on any atom is -0.232 e. The summed E-state index contributed by atoms with van der Waals surface area (Å²) in [7, 11) is 0. The van der Waals surface area contributed by atoms with Crippen LogP contribution in [-0.4, -0.2) is 9.78 Å². The lowest BCUT2D eigenvalue weighted by Crippen LogP contribution is -2.09. The third-order valence-corrected chi connectivity index (χ3v) is 4.83. The highest BCUT2D eigenvalue weighted by Gasteiger charge is 2.21. The Kier molecular flexibility index (Phi) is 3.80. The molecule has 1 aliphatic heterocycles. The van der Waals surface area contributed by atoms with Crippen molar-refractivity contribution in [1.29, 1.82) is 0 Å². The Morgan fingerprint density at radius 1 is 0.481 bits per heavy atom. The molecule has 3 aromatic rings. The first kappa shape index (κ1) is 15.6. The Hall–Kier alpha value is -3.65. The second kappa shape index (κ2) is 6.58. The summed E-state index contributed by atoms with van der Waals surface area (Å²) in [5.41, 5.74) is 7.83. The van der Waals surface area contributed by atoms with Gasteiger partial charge < -0.3 is 0 Å². The van der Waals surface area contributed by atoms with Crippen LogP contribution < -0.4 is 0 Å². The van der Waals surface area contributed by atoms with E-state index in [1.54, 1.807) is 0 Å². The molecule has 0 unspecified atom stereocenters. The zero-order chi connectivity index (χ0) is 18.1. The average Bonchev–Trinajstić information content (AvgIpc) is 3.24. The van der Waals surface area contributed by atoms with Crippen molar-refractivity contribution in [3.05, 3.63) is 109 Å². The van der Waals surface area contributed by atoms with E-state index in [1.165, 1.54) is 11.1 Å². The van der Waals surface area contributed by atoms with Crippen LogP contribution in [0, 0.1) is 0 Å². The first-order valence-electron chi connectivity index (χ1n) is 9.10. The topological polar surface area (TPSA) is 17.8 Å². The van der Waals surface area contributed by atoms with Crippen LogP contribution in [0.25, 0.3) is 39.3 Å². The second-order valence-corrected chi connectivity index (χ2v) is 6.53. The van der Waals surface area contributed by atoms with E-state index in [2.05, 4.69) is 95.7 Å². The number of nitrogens with zero attached hydrogens (tertiary/aromatic N) is 2. The lowest BCUT2D eigenvalue weighted by molar-refractivity contribution is 0.860. The van der Waals surface area contributed by atoms with Crippen LogP contribution in [0.5, 0.6) is 0 Å². The van der Waals surface area contributed by atoms with E-state index in [0.717, 1.165) is 28.2 Å². The van der Waals surface area contributed by atoms with Crippen LogP contribution in [0.1, 0.15) is 0 Å². The fraction of sp³-hybridized carbons (Fsp3) is 0. The predicted molar refractivity (Wildman–Crippen MR) is 111 cm³/mol. The SMILES string of the molecule is c1ccc(-c2nn(-c3ccccc3)c(-c3ccccc3)c3cccc2-3)cc1. The van der Waals surface area contributed by atoms with Crippen molar-refractivity contribution in [3.63, 3.8) is 0 Å². The minimum atomic E-state index is 0.999. The standard InChI is InChI=1S/C25H18N2/c1-4-11-19(12-5-1)24-22-17-10-18-23(22)25(20-13-6-2-7-14-20)27(26-24)21-15-8-3-9-16-21/h1-18H. The van der Waals surface area contributed by atoms with Crippen LogP contribution in [-0.2, 0) is 0 Å². The molecule has 2 aliphatic rings. The number of hydrogen-bond acceptors (Lipinski definition) is 1. The molecule has 2 nitrogen and oxygen atoms in total. The van der Waals surface area contributed by atoms with Gasteiger partial charge in [0, 0.05) is 22.3 Å². The van der Waals surface area contributed by atoms with Gasteiger partial charge in [-0.05, 0) is 12.1 Å². The molecule has 0 N–H and O–H groups in total. The van der Waals surface area contributed by atoms with Gasteiger partial charge in [0.05, 0.1) is 17.1 Å². The fourth-order valence-electron chi connectivity index (χ4n) is 3.59. The summed E-state index contributed by atoms with van der Waals surface area (Å²) in [6.07, 6.45) is 0. The lowest BCUT2D eigenvalue weighted by atomic mass is 9.98. The predicted octanol–water partition coefficient (Wildman–Crippen LogP) is 6.31. The summed E-state index contributed by atoms with van der Waals surface area (Å²) in [5.74, 6) is 0. The molecule has 0 saturated carbocycles. The maximum atomic E-state index is 5.11. The second-order valence-electron chi connectivity index (χ2n) is 6.53. The summed E-state index contributed by atoms with van der Waals surface area (Å²) in [4.78, 5) is 0. The third-order valence-electron chi connectivity index (χ3n) is 4.83. The van der Waals surface area contributed by atoms with Gasteiger partial charge in [-0.15, -0.1) is 0 Å². The molecule has 128 valence electrons. The minimum absolute atomic E-state index is 0.999. The maximum absolute atomic E-state index is 5.11. The van der Waals surface area contributed by atoms with E-state index in [9.17, 15) is 0 Å². The summed E-state index contributed by atoms with van der Waals surface area (Å²) in [5, 5.41) is 5.11. The highest BCUT2D eigenvalue weighted by Crippen LogP contribution is 2.40. The molecule has 1 heterocycles. The molecule has 0 radical (unpaired) electrons. The van der Waals surface area contributed by atoms with Crippen LogP contribution >= 0.6 is 0 Å². The molecule has 0 spiro atoms. The molecule has 27 heavy (non-hydrogen) atoms. The van der Waals surface area contributed by atoms with Crippen molar-refractivity contribution in [1.82, 2.24) is 9.78 Å².